The fourth-order valence-electron chi connectivity index (χ4n) is 3.62. The summed E-state index contributed by atoms with van der Waals surface area (Å²) in [5, 5.41) is 0.909. The standard InChI is InChI=1S/C20H22N2O3/c1-25-20(24)14-8-10-22(11-9-14)19(23)16-12-18(13-6-7-13)21-17-5-3-2-4-15(16)17/h2-5,12-14H,6-11H2,1H3. The van der Waals surface area contributed by atoms with Crippen LogP contribution in [0.15, 0.2) is 30.3 Å². The van der Waals surface area contributed by atoms with Crippen molar-refractivity contribution in [3.63, 3.8) is 0 Å². The average molecular weight is 338 g/mol. The molecule has 2 heterocycles. The van der Waals surface area contributed by atoms with Crippen molar-refractivity contribution in [2.75, 3.05) is 20.2 Å². The number of piperidine rings is 1. The molecule has 5 nitrogen and oxygen atoms in total. The number of pyridine rings is 1. The third kappa shape index (κ3) is 3.11. The van der Waals surface area contributed by atoms with E-state index in [1.807, 2.05) is 35.2 Å². The molecular weight excluding hydrogens is 316 g/mol. The van der Waals surface area contributed by atoms with Crippen LogP contribution in [0.4, 0.5) is 0 Å². The molecule has 1 aromatic carbocycles. The van der Waals surface area contributed by atoms with Gasteiger partial charge in [0, 0.05) is 30.1 Å². The summed E-state index contributed by atoms with van der Waals surface area (Å²) in [6.07, 6.45) is 3.64. The maximum atomic E-state index is 13.1. The van der Waals surface area contributed by atoms with E-state index in [2.05, 4.69) is 0 Å². The van der Waals surface area contributed by atoms with Crippen LogP contribution in [0.3, 0.4) is 0 Å². The first kappa shape index (κ1) is 16.1. The number of rotatable bonds is 3. The van der Waals surface area contributed by atoms with Gasteiger partial charge in [0.2, 0.25) is 0 Å². The van der Waals surface area contributed by atoms with E-state index in [0.717, 1.165) is 35.0 Å². The van der Waals surface area contributed by atoms with Crippen molar-refractivity contribution in [3.8, 4) is 0 Å². The largest absolute Gasteiger partial charge is 0.469 e. The molecule has 0 atom stereocenters. The van der Waals surface area contributed by atoms with E-state index in [0.29, 0.717) is 31.8 Å². The summed E-state index contributed by atoms with van der Waals surface area (Å²) in [5.41, 5.74) is 2.66. The molecule has 1 saturated heterocycles. The fraction of sp³-hybridized carbons (Fsp3) is 0.450. The molecule has 1 amide bonds. The maximum absolute atomic E-state index is 13.1. The van der Waals surface area contributed by atoms with Gasteiger partial charge in [-0.2, -0.15) is 0 Å². The Bertz CT molecular complexity index is 821. The van der Waals surface area contributed by atoms with Gasteiger partial charge in [0.15, 0.2) is 0 Å². The van der Waals surface area contributed by atoms with Crippen molar-refractivity contribution in [1.29, 1.82) is 0 Å². The number of para-hydroxylation sites is 1. The van der Waals surface area contributed by atoms with Gasteiger partial charge < -0.3 is 9.64 Å². The van der Waals surface area contributed by atoms with Gasteiger partial charge >= 0.3 is 5.97 Å². The quantitative estimate of drug-likeness (QED) is 0.807. The second-order valence-electron chi connectivity index (χ2n) is 6.98. The lowest BCUT2D eigenvalue weighted by molar-refractivity contribution is -0.146. The first-order valence-corrected chi connectivity index (χ1v) is 8.94. The molecule has 0 spiro atoms. The van der Waals surface area contributed by atoms with Gasteiger partial charge in [-0.15, -0.1) is 0 Å². The number of methoxy groups -OCH3 is 1. The Morgan fingerprint density at radius 2 is 1.84 bits per heavy atom. The van der Waals surface area contributed by atoms with Gasteiger partial charge in [0.25, 0.3) is 5.91 Å². The van der Waals surface area contributed by atoms with Gasteiger partial charge in [0.05, 0.1) is 24.1 Å². The number of nitrogens with zero attached hydrogens (tertiary/aromatic N) is 2. The highest BCUT2D eigenvalue weighted by molar-refractivity contribution is 6.06. The average Bonchev–Trinajstić information content (AvgIpc) is 3.51. The predicted molar refractivity (Wildman–Crippen MR) is 94.4 cm³/mol. The highest BCUT2D eigenvalue weighted by Gasteiger charge is 2.31. The molecule has 2 aliphatic rings. The zero-order chi connectivity index (χ0) is 17.4. The number of carbonyl (C=O) groups excluding carboxylic acids is 2. The van der Waals surface area contributed by atoms with Gasteiger partial charge in [0.1, 0.15) is 0 Å². The van der Waals surface area contributed by atoms with Gasteiger partial charge in [-0.25, -0.2) is 0 Å². The van der Waals surface area contributed by atoms with Crippen LogP contribution in [0.5, 0.6) is 0 Å². The van der Waals surface area contributed by atoms with Crippen molar-refractivity contribution >= 4 is 22.8 Å². The number of amides is 1. The first-order chi connectivity index (χ1) is 12.2. The summed E-state index contributed by atoms with van der Waals surface area (Å²) < 4.78 is 4.83. The first-order valence-electron chi connectivity index (χ1n) is 8.94. The third-order valence-corrected chi connectivity index (χ3v) is 5.28. The van der Waals surface area contributed by atoms with E-state index in [4.69, 9.17) is 9.72 Å². The predicted octanol–water partition coefficient (Wildman–Crippen LogP) is 3.14. The van der Waals surface area contributed by atoms with Crippen molar-refractivity contribution in [2.24, 2.45) is 5.92 Å². The molecule has 2 fully saturated rings. The normalized spacial score (nSPS) is 18.4. The summed E-state index contributed by atoms with van der Waals surface area (Å²) in [6, 6.07) is 9.83. The van der Waals surface area contributed by atoms with Crippen LogP contribution in [0.25, 0.3) is 10.9 Å². The maximum Gasteiger partial charge on any atom is 0.308 e. The zero-order valence-electron chi connectivity index (χ0n) is 14.4. The van der Waals surface area contributed by atoms with E-state index in [9.17, 15) is 9.59 Å². The molecule has 1 aliphatic heterocycles. The van der Waals surface area contributed by atoms with Crippen LogP contribution < -0.4 is 0 Å². The van der Waals surface area contributed by atoms with Crippen molar-refractivity contribution in [3.05, 3.63) is 41.6 Å². The smallest absolute Gasteiger partial charge is 0.308 e. The van der Waals surface area contributed by atoms with E-state index in [-0.39, 0.29) is 17.8 Å². The van der Waals surface area contributed by atoms with Gasteiger partial charge in [-0.3, -0.25) is 14.6 Å². The number of aromatic nitrogens is 1. The third-order valence-electron chi connectivity index (χ3n) is 5.28. The summed E-state index contributed by atoms with van der Waals surface area (Å²) in [6.45, 7) is 1.18. The van der Waals surface area contributed by atoms with Gasteiger partial charge in [-0.1, -0.05) is 18.2 Å². The Morgan fingerprint density at radius 1 is 1.12 bits per heavy atom. The summed E-state index contributed by atoms with van der Waals surface area (Å²) in [4.78, 5) is 31.4. The minimum absolute atomic E-state index is 0.0452. The van der Waals surface area contributed by atoms with Crippen LogP contribution in [0.2, 0.25) is 0 Å². The van der Waals surface area contributed by atoms with E-state index in [1.54, 1.807) is 0 Å². The van der Waals surface area contributed by atoms with Crippen molar-refractivity contribution < 1.29 is 14.3 Å². The molecule has 5 heteroatoms. The number of likely N-dealkylation sites (tertiary alicyclic amines) is 1. The molecule has 0 N–H and O–H groups in total. The fourth-order valence-corrected chi connectivity index (χ4v) is 3.62. The number of benzene rings is 1. The molecule has 25 heavy (non-hydrogen) atoms. The second-order valence-corrected chi connectivity index (χ2v) is 6.98. The molecule has 1 aliphatic carbocycles. The molecule has 0 unspecified atom stereocenters. The molecule has 0 radical (unpaired) electrons. The molecular formula is C20H22N2O3. The monoisotopic (exact) mass is 338 g/mol. The lowest BCUT2D eigenvalue weighted by Gasteiger charge is -2.31. The minimum atomic E-state index is -0.169. The highest BCUT2D eigenvalue weighted by atomic mass is 16.5. The molecule has 130 valence electrons. The van der Waals surface area contributed by atoms with Crippen LogP contribution in [0, 0.1) is 5.92 Å². The van der Waals surface area contributed by atoms with Crippen LogP contribution in [-0.2, 0) is 9.53 Å². The van der Waals surface area contributed by atoms with Gasteiger partial charge in [-0.05, 0) is 37.8 Å². The topological polar surface area (TPSA) is 59.5 Å². The zero-order valence-corrected chi connectivity index (χ0v) is 14.4. The highest BCUT2D eigenvalue weighted by Crippen LogP contribution is 2.40. The Kier molecular flexibility index (Phi) is 4.15. The number of carbonyl (C=O) groups is 2. The Morgan fingerprint density at radius 3 is 2.52 bits per heavy atom. The summed E-state index contributed by atoms with van der Waals surface area (Å²) in [7, 11) is 1.42. The van der Waals surface area contributed by atoms with E-state index < -0.39 is 0 Å². The Labute approximate surface area is 147 Å². The SMILES string of the molecule is COC(=O)C1CCN(C(=O)c2cc(C3CC3)nc3ccccc23)CC1. The molecule has 1 aromatic heterocycles. The number of hydrogen-bond donors (Lipinski definition) is 0. The van der Waals surface area contributed by atoms with E-state index in [1.165, 1.54) is 7.11 Å². The lowest BCUT2D eigenvalue weighted by atomic mass is 9.96. The summed E-state index contributed by atoms with van der Waals surface area (Å²) >= 11 is 0. The van der Waals surface area contributed by atoms with Crippen molar-refractivity contribution in [1.82, 2.24) is 9.88 Å². The molecule has 1 saturated carbocycles. The number of hydrogen-bond acceptors (Lipinski definition) is 4. The van der Waals surface area contributed by atoms with Crippen LogP contribution in [0.1, 0.15) is 47.7 Å². The molecule has 0 bridgehead atoms. The number of ether oxygens (including phenoxy) is 1. The number of fused-ring (bicyclic) bond motifs is 1. The minimum Gasteiger partial charge on any atom is -0.469 e. The Balaban J connectivity index is 1.61. The van der Waals surface area contributed by atoms with Crippen LogP contribution >= 0.6 is 0 Å². The Hall–Kier alpha value is -2.43. The van der Waals surface area contributed by atoms with Crippen molar-refractivity contribution in [2.45, 2.75) is 31.6 Å². The molecule has 4 rings (SSSR count). The number of esters is 1. The lowest BCUT2D eigenvalue weighted by Crippen LogP contribution is -2.40. The van der Waals surface area contributed by atoms with E-state index >= 15 is 0 Å². The van der Waals surface area contributed by atoms with Crippen LogP contribution in [-0.4, -0.2) is 42.0 Å². The molecule has 2 aromatic rings. The second kappa shape index (κ2) is 6.47. The summed E-state index contributed by atoms with van der Waals surface area (Å²) in [5.74, 6) is 0.285.